The molecule has 5 N–H and O–H groups in total. The molecule has 0 bridgehead atoms. The summed E-state index contributed by atoms with van der Waals surface area (Å²) in [5.74, 6) is -1.60. The summed E-state index contributed by atoms with van der Waals surface area (Å²) in [5.41, 5.74) is -3.37. The van der Waals surface area contributed by atoms with Gasteiger partial charge in [0.2, 0.25) is 0 Å². The number of aliphatic hydroxyl groups excluding tert-OH is 1. The van der Waals surface area contributed by atoms with E-state index < -0.39 is 73.2 Å². The van der Waals surface area contributed by atoms with Crippen molar-refractivity contribution in [1.29, 1.82) is 0 Å². The SMILES string of the molecule is CC1(C)CC(C(=O)O[C@@H]2[C@H](O)[C@@H](COP(=O)(O)O)O[C@H]2n2ccc(=O)[nH]c2=O)C(C)(C)N1O. The molecule has 186 valence electrons. The molecule has 2 fully saturated rings. The van der Waals surface area contributed by atoms with Gasteiger partial charge < -0.3 is 29.6 Å². The van der Waals surface area contributed by atoms with Crippen LogP contribution in [-0.4, -0.2) is 76.7 Å². The van der Waals surface area contributed by atoms with Gasteiger partial charge in [0.25, 0.3) is 5.56 Å². The van der Waals surface area contributed by atoms with E-state index >= 15 is 0 Å². The van der Waals surface area contributed by atoms with Crippen LogP contribution >= 0.6 is 7.82 Å². The molecule has 5 atom stereocenters. The highest BCUT2D eigenvalue weighted by molar-refractivity contribution is 7.46. The number of phosphoric acid groups is 1. The van der Waals surface area contributed by atoms with E-state index in [9.17, 15) is 29.3 Å². The maximum Gasteiger partial charge on any atom is 0.469 e. The standard InChI is InChI=1S/C18H28N3O11P/c1-17(2)7-9(18(3,4)21(17)26)15(24)32-13-12(23)10(8-30-33(27,28)29)31-14(13)20-6-5-11(22)19-16(20)25/h5-6,9-10,12-14,23,26H,7-8H2,1-4H3,(H,19,22,25)(H2,27,28,29)/t9?,10-,12-,13-,14-/m1/s1. The van der Waals surface area contributed by atoms with Crippen LogP contribution in [0.15, 0.2) is 21.9 Å². The number of aliphatic hydroxyl groups is 1. The quantitative estimate of drug-likeness (QED) is 0.241. The first-order chi connectivity index (χ1) is 15.0. The molecule has 2 saturated heterocycles. The molecule has 2 aliphatic rings. The van der Waals surface area contributed by atoms with E-state index in [0.717, 1.165) is 21.9 Å². The summed E-state index contributed by atoms with van der Waals surface area (Å²) in [6.45, 7) is 6.02. The number of nitrogens with zero attached hydrogens (tertiary/aromatic N) is 2. The van der Waals surface area contributed by atoms with Gasteiger partial charge in [0.05, 0.1) is 18.1 Å². The lowest BCUT2D eigenvalue weighted by Crippen LogP contribution is -2.49. The fraction of sp³-hybridized carbons (Fsp3) is 0.722. The Morgan fingerprint density at radius 1 is 1.30 bits per heavy atom. The van der Waals surface area contributed by atoms with Crippen molar-refractivity contribution in [3.8, 4) is 0 Å². The van der Waals surface area contributed by atoms with Crippen LogP contribution in [0.3, 0.4) is 0 Å². The van der Waals surface area contributed by atoms with Gasteiger partial charge in [-0.15, -0.1) is 0 Å². The predicted molar refractivity (Wildman–Crippen MR) is 109 cm³/mol. The zero-order valence-corrected chi connectivity index (χ0v) is 19.3. The third kappa shape index (κ3) is 5.12. The number of phosphoric ester groups is 1. The topological polar surface area (TPSA) is 201 Å². The minimum atomic E-state index is -4.90. The lowest BCUT2D eigenvalue weighted by atomic mass is 9.87. The molecule has 1 aromatic heterocycles. The summed E-state index contributed by atoms with van der Waals surface area (Å²) in [4.78, 5) is 56.7. The number of ether oxygens (including phenoxy) is 2. The molecule has 0 aromatic carbocycles. The fourth-order valence-electron chi connectivity index (χ4n) is 4.36. The summed E-state index contributed by atoms with van der Waals surface area (Å²) in [7, 11) is -4.90. The Kier molecular flexibility index (Phi) is 6.79. The molecule has 0 spiro atoms. The van der Waals surface area contributed by atoms with Crippen LogP contribution in [0.25, 0.3) is 0 Å². The molecule has 0 aliphatic carbocycles. The Hall–Kier alpha value is -1.90. The largest absolute Gasteiger partial charge is 0.469 e. The summed E-state index contributed by atoms with van der Waals surface area (Å²) >= 11 is 0. The monoisotopic (exact) mass is 493 g/mol. The maximum atomic E-state index is 13.1. The van der Waals surface area contributed by atoms with Crippen LogP contribution in [0, 0.1) is 5.92 Å². The number of rotatable bonds is 6. The van der Waals surface area contributed by atoms with E-state index in [1.54, 1.807) is 27.7 Å². The van der Waals surface area contributed by atoms with Gasteiger partial charge in [0.15, 0.2) is 12.3 Å². The minimum Gasteiger partial charge on any atom is -0.454 e. The molecule has 0 radical (unpaired) electrons. The lowest BCUT2D eigenvalue weighted by molar-refractivity contribution is -0.202. The van der Waals surface area contributed by atoms with Gasteiger partial charge in [-0.25, -0.2) is 9.36 Å². The number of aromatic nitrogens is 2. The van der Waals surface area contributed by atoms with Crippen LogP contribution in [0.4, 0.5) is 0 Å². The van der Waals surface area contributed by atoms with Crippen molar-refractivity contribution < 1.29 is 43.5 Å². The van der Waals surface area contributed by atoms with E-state index in [-0.39, 0.29) is 6.42 Å². The Balaban J connectivity index is 1.90. The Morgan fingerprint density at radius 3 is 2.45 bits per heavy atom. The van der Waals surface area contributed by atoms with Crippen LogP contribution < -0.4 is 11.2 Å². The van der Waals surface area contributed by atoms with Crippen LogP contribution in [-0.2, 0) is 23.4 Å². The number of carbonyl (C=O) groups excluding carboxylic acids is 1. The van der Waals surface area contributed by atoms with Crippen molar-refractivity contribution >= 4 is 13.8 Å². The van der Waals surface area contributed by atoms with Crippen molar-refractivity contribution in [2.45, 2.75) is 69.7 Å². The number of H-pyrrole nitrogens is 1. The molecular formula is C18H28N3O11P. The van der Waals surface area contributed by atoms with Crippen molar-refractivity contribution in [2.75, 3.05) is 6.61 Å². The number of hydroxylamine groups is 2. The van der Waals surface area contributed by atoms with Crippen LogP contribution in [0.5, 0.6) is 0 Å². The molecular weight excluding hydrogens is 465 g/mol. The first-order valence-corrected chi connectivity index (χ1v) is 11.6. The summed E-state index contributed by atoms with van der Waals surface area (Å²) in [6, 6.07) is 1.02. The summed E-state index contributed by atoms with van der Waals surface area (Å²) < 4.78 is 27.4. The summed E-state index contributed by atoms with van der Waals surface area (Å²) in [5, 5.41) is 22.3. The van der Waals surface area contributed by atoms with Gasteiger partial charge >= 0.3 is 19.5 Å². The van der Waals surface area contributed by atoms with Gasteiger partial charge in [-0.3, -0.25) is 23.7 Å². The maximum absolute atomic E-state index is 13.1. The van der Waals surface area contributed by atoms with Gasteiger partial charge in [0, 0.05) is 17.8 Å². The van der Waals surface area contributed by atoms with Crippen molar-refractivity contribution in [2.24, 2.45) is 5.92 Å². The molecule has 2 aliphatic heterocycles. The van der Waals surface area contributed by atoms with E-state index in [1.807, 2.05) is 4.98 Å². The number of carbonyl (C=O) groups is 1. The third-order valence-corrected chi connectivity index (χ3v) is 6.54. The first kappa shape index (κ1) is 25.7. The zero-order chi connectivity index (χ0) is 24.9. The first-order valence-electron chi connectivity index (χ1n) is 10.1. The highest BCUT2D eigenvalue weighted by Gasteiger charge is 2.56. The summed E-state index contributed by atoms with van der Waals surface area (Å²) in [6.07, 6.45) is -4.62. The lowest BCUT2D eigenvalue weighted by Gasteiger charge is -2.35. The van der Waals surface area contributed by atoms with E-state index in [2.05, 4.69) is 4.52 Å². The molecule has 0 saturated carbocycles. The molecule has 3 heterocycles. The van der Waals surface area contributed by atoms with E-state index in [4.69, 9.17) is 19.3 Å². The van der Waals surface area contributed by atoms with Crippen molar-refractivity contribution in [1.82, 2.24) is 14.6 Å². The third-order valence-electron chi connectivity index (χ3n) is 6.06. The van der Waals surface area contributed by atoms with Crippen LogP contribution in [0.2, 0.25) is 0 Å². The number of esters is 1. The van der Waals surface area contributed by atoms with Crippen LogP contribution in [0.1, 0.15) is 40.3 Å². The van der Waals surface area contributed by atoms with Crippen molar-refractivity contribution in [3.63, 3.8) is 0 Å². The Labute approximate surface area is 187 Å². The van der Waals surface area contributed by atoms with Gasteiger partial charge in [-0.05, 0) is 34.1 Å². The highest BCUT2D eigenvalue weighted by atomic mass is 31.2. The average Bonchev–Trinajstić information content (AvgIpc) is 3.06. The number of hydrogen-bond donors (Lipinski definition) is 5. The van der Waals surface area contributed by atoms with Gasteiger partial charge in [0.1, 0.15) is 12.2 Å². The number of aromatic amines is 1. The molecule has 1 unspecified atom stereocenters. The second kappa shape index (κ2) is 8.71. The second-order valence-corrected chi connectivity index (χ2v) is 10.5. The fourth-order valence-corrected chi connectivity index (χ4v) is 4.70. The number of hydrogen-bond acceptors (Lipinski definition) is 10. The van der Waals surface area contributed by atoms with Gasteiger partial charge in [-0.1, -0.05) is 0 Å². The van der Waals surface area contributed by atoms with E-state index in [1.165, 1.54) is 0 Å². The van der Waals surface area contributed by atoms with Gasteiger partial charge in [-0.2, -0.15) is 5.06 Å². The van der Waals surface area contributed by atoms with Crippen molar-refractivity contribution in [3.05, 3.63) is 33.1 Å². The minimum absolute atomic E-state index is 0.229. The van der Waals surface area contributed by atoms with E-state index in [0.29, 0.717) is 0 Å². The predicted octanol–water partition coefficient (Wildman–Crippen LogP) is -0.916. The molecule has 15 heteroatoms. The Bertz CT molecular complexity index is 1060. The number of nitrogens with one attached hydrogen (secondary N) is 1. The molecule has 3 rings (SSSR count). The second-order valence-electron chi connectivity index (χ2n) is 9.30. The molecule has 33 heavy (non-hydrogen) atoms. The normalized spacial score (nSPS) is 31.6. The smallest absolute Gasteiger partial charge is 0.454 e. The molecule has 1 aromatic rings. The zero-order valence-electron chi connectivity index (χ0n) is 18.4. The molecule has 0 amide bonds. The average molecular weight is 493 g/mol. The Morgan fingerprint density at radius 2 is 1.94 bits per heavy atom. The highest BCUT2D eigenvalue weighted by Crippen LogP contribution is 2.45. The molecule has 14 nitrogen and oxygen atoms in total.